The number of ether oxygens (including phenoxy) is 1. The molecule has 68 valence electrons. The number of carbonyl (C=O) groups excluding carboxylic acids is 1. The van der Waals surface area contributed by atoms with Crippen LogP contribution in [0.4, 0.5) is 0 Å². The fourth-order valence-electron chi connectivity index (χ4n) is 0.454. The lowest BCUT2D eigenvalue weighted by molar-refractivity contribution is -0.141. The van der Waals surface area contributed by atoms with Crippen molar-refractivity contribution in [2.24, 2.45) is 0 Å². The van der Waals surface area contributed by atoms with Gasteiger partial charge in [0.15, 0.2) is 6.07 Å². The molecule has 0 atom stereocenters. The summed E-state index contributed by atoms with van der Waals surface area (Å²) in [5.74, 6) is -0.202. The molecule has 0 saturated heterocycles. The van der Waals surface area contributed by atoms with Crippen LogP contribution in [-0.4, -0.2) is 18.4 Å². The van der Waals surface area contributed by atoms with E-state index in [0.29, 0.717) is 6.42 Å². The zero-order valence-electron chi connectivity index (χ0n) is 6.90. The second kappa shape index (κ2) is 12.7. The van der Waals surface area contributed by atoms with E-state index in [4.69, 9.17) is 11.6 Å². The predicted octanol–water partition coefficient (Wildman–Crippen LogP) is 2.77. The number of carbonyl (C=O) groups is 1. The summed E-state index contributed by atoms with van der Waals surface area (Å²) >= 11 is 9.77. The Labute approximate surface area is 77.8 Å². The van der Waals surface area contributed by atoms with Gasteiger partial charge in [-0.2, -0.15) is 0 Å². The Morgan fingerprint density at radius 3 is 2.36 bits per heavy atom. The molecule has 0 aliphatic rings. The predicted molar refractivity (Wildman–Crippen MR) is 48.1 cm³/mol. The highest BCUT2D eigenvalue weighted by Gasteiger charge is 1.98. The van der Waals surface area contributed by atoms with Crippen LogP contribution >= 0.6 is 23.2 Å². The van der Waals surface area contributed by atoms with Crippen LogP contribution in [0, 0.1) is 0 Å². The SMILES string of the molecule is CCCCC(=O)OCCl.CCl. The Bertz CT molecular complexity index is 86.5. The fourth-order valence-corrected chi connectivity index (χ4v) is 0.576. The molecule has 0 aromatic rings. The molecule has 0 unspecified atom stereocenters. The topological polar surface area (TPSA) is 26.3 Å². The van der Waals surface area contributed by atoms with Crippen molar-refractivity contribution in [3.8, 4) is 0 Å². The summed E-state index contributed by atoms with van der Waals surface area (Å²) in [7, 11) is 0. The van der Waals surface area contributed by atoms with Gasteiger partial charge in [0.1, 0.15) is 0 Å². The average Bonchev–Trinajstić information content (AvgIpc) is 2.05. The van der Waals surface area contributed by atoms with Gasteiger partial charge in [0.2, 0.25) is 0 Å². The number of esters is 1. The average molecular weight is 201 g/mol. The third-order valence-electron chi connectivity index (χ3n) is 0.950. The van der Waals surface area contributed by atoms with E-state index in [1.54, 1.807) is 0 Å². The Hall–Kier alpha value is 0.0500. The van der Waals surface area contributed by atoms with Crippen molar-refractivity contribution in [3.63, 3.8) is 0 Å². The van der Waals surface area contributed by atoms with Crippen molar-refractivity contribution in [1.82, 2.24) is 0 Å². The molecule has 11 heavy (non-hydrogen) atoms. The molecule has 2 nitrogen and oxygen atoms in total. The van der Waals surface area contributed by atoms with Crippen LogP contribution in [-0.2, 0) is 9.53 Å². The van der Waals surface area contributed by atoms with Gasteiger partial charge >= 0.3 is 5.97 Å². The van der Waals surface area contributed by atoms with Gasteiger partial charge in [0, 0.05) is 12.8 Å². The molecule has 0 aromatic heterocycles. The number of halogens is 2. The molecule has 0 N–H and O–H groups in total. The maximum absolute atomic E-state index is 10.5. The summed E-state index contributed by atoms with van der Waals surface area (Å²) in [6.45, 7) is 2.02. The van der Waals surface area contributed by atoms with Crippen LogP contribution in [0.3, 0.4) is 0 Å². The van der Waals surface area contributed by atoms with Crippen LogP contribution in [0.1, 0.15) is 26.2 Å². The molecule has 0 rings (SSSR count). The Morgan fingerprint density at radius 2 is 2.00 bits per heavy atom. The zero-order chi connectivity index (χ0) is 9.11. The smallest absolute Gasteiger partial charge is 0.306 e. The molecule has 0 aliphatic heterocycles. The van der Waals surface area contributed by atoms with Gasteiger partial charge in [-0.15, -0.1) is 11.6 Å². The number of unbranched alkanes of at least 4 members (excludes halogenated alkanes) is 1. The molecular formula is C7H14Cl2O2. The molecule has 0 spiro atoms. The first-order chi connectivity index (χ1) is 5.31. The molecule has 0 fully saturated rings. The van der Waals surface area contributed by atoms with E-state index in [1.165, 1.54) is 6.38 Å². The van der Waals surface area contributed by atoms with E-state index in [9.17, 15) is 4.79 Å². The Kier molecular flexibility index (Phi) is 15.7. The molecule has 0 aliphatic carbocycles. The molecule has 0 aromatic carbocycles. The molecule has 0 heterocycles. The van der Waals surface area contributed by atoms with Gasteiger partial charge in [-0.3, -0.25) is 4.79 Å². The van der Waals surface area contributed by atoms with Gasteiger partial charge in [0.25, 0.3) is 0 Å². The third kappa shape index (κ3) is 13.1. The number of hydrogen-bond donors (Lipinski definition) is 0. The van der Waals surface area contributed by atoms with Crippen LogP contribution in [0.25, 0.3) is 0 Å². The van der Waals surface area contributed by atoms with E-state index < -0.39 is 0 Å². The van der Waals surface area contributed by atoms with E-state index in [-0.39, 0.29) is 12.0 Å². The molecule has 0 bridgehead atoms. The van der Waals surface area contributed by atoms with Gasteiger partial charge in [-0.25, -0.2) is 0 Å². The molecule has 0 saturated carbocycles. The molecule has 4 heteroatoms. The largest absolute Gasteiger partial charge is 0.449 e. The summed E-state index contributed by atoms with van der Waals surface area (Å²) in [4.78, 5) is 10.5. The highest BCUT2D eigenvalue weighted by molar-refractivity contribution is 6.17. The minimum Gasteiger partial charge on any atom is -0.449 e. The quantitative estimate of drug-likeness (QED) is 0.516. The maximum Gasteiger partial charge on any atom is 0.306 e. The van der Waals surface area contributed by atoms with Gasteiger partial charge in [0.05, 0.1) is 0 Å². The lowest BCUT2D eigenvalue weighted by Crippen LogP contribution is -2.01. The van der Waals surface area contributed by atoms with Crippen LogP contribution in [0.5, 0.6) is 0 Å². The molecular weight excluding hydrogens is 187 g/mol. The highest BCUT2D eigenvalue weighted by atomic mass is 35.5. The minimum atomic E-state index is -0.202. The lowest BCUT2D eigenvalue weighted by Gasteiger charge is -1.96. The Morgan fingerprint density at radius 1 is 1.45 bits per heavy atom. The fraction of sp³-hybridized carbons (Fsp3) is 0.857. The highest BCUT2D eigenvalue weighted by Crippen LogP contribution is 1.96. The van der Waals surface area contributed by atoms with E-state index in [2.05, 4.69) is 16.3 Å². The van der Waals surface area contributed by atoms with Crippen molar-refractivity contribution in [2.45, 2.75) is 26.2 Å². The normalized spacial score (nSPS) is 8.00. The van der Waals surface area contributed by atoms with Crippen molar-refractivity contribution in [1.29, 1.82) is 0 Å². The van der Waals surface area contributed by atoms with Gasteiger partial charge in [-0.1, -0.05) is 24.9 Å². The number of hydrogen-bond acceptors (Lipinski definition) is 2. The van der Waals surface area contributed by atoms with Crippen LogP contribution in [0.15, 0.2) is 0 Å². The summed E-state index contributed by atoms with van der Waals surface area (Å²) in [5.41, 5.74) is 0. The zero-order valence-corrected chi connectivity index (χ0v) is 8.41. The summed E-state index contributed by atoms with van der Waals surface area (Å²) in [6, 6.07) is -0.0253. The number of alkyl halides is 2. The summed E-state index contributed by atoms with van der Waals surface area (Å²) < 4.78 is 4.47. The van der Waals surface area contributed by atoms with Gasteiger partial charge < -0.3 is 4.74 Å². The molecule has 0 radical (unpaired) electrons. The monoisotopic (exact) mass is 200 g/mol. The van der Waals surface area contributed by atoms with Crippen LogP contribution in [0.2, 0.25) is 0 Å². The first kappa shape index (κ1) is 13.6. The molecule has 0 amide bonds. The summed E-state index contributed by atoms with van der Waals surface area (Å²) in [5, 5.41) is 0. The van der Waals surface area contributed by atoms with Crippen molar-refractivity contribution in [3.05, 3.63) is 0 Å². The first-order valence-electron chi connectivity index (χ1n) is 3.40. The second-order valence-electron chi connectivity index (χ2n) is 1.73. The standard InChI is InChI=1S/C6H11ClO2.CH3Cl/c1-2-3-4-6(8)9-5-7;1-2/h2-5H2,1H3;1H3. The number of rotatable bonds is 4. The second-order valence-corrected chi connectivity index (χ2v) is 1.95. The van der Waals surface area contributed by atoms with Crippen molar-refractivity contribution in [2.75, 3.05) is 12.4 Å². The van der Waals surface area contributed by atoms with E-state index in [0.717, 1.165) is 12.8 Å². The minimum absolute atomic E-state index is 0.0253. The lowest BCUT2D eigenvalue weighted by atomic mass is 10.3. The van der Waals surface area contributed by atoms with Crippen LogP contribution < -0.4 is 0 Å². The van der Waals surface area contributed by atoms with E-state index in [1.807, 2.05) is 6.92 Å². The summed E-state index contributed by atoms with van der Waals surface area (Å²) in [6.07, 6.45) is 3.86. The van der Waals surface area contributed by atoms with Gasteiger partial charge in [-0.05, 0) is 6.42 Å². The first-order valence-corrected chi connectivity index (χ1v) is 4.69. The maximum atomic E-state index is 10.5. The van der Waals surface area contributed by atoms with Crippen molar-refractivity contribution < 1.29 is 9.53 Å². The Balaban J connectivity index is 0. The third-order valence-corrected chi connectivity index (χ3v) is 1.06. The van der Waals surface area contributed by atoms with E-state index >= 15 is 0 Å². The van der Waals surface area contributed by atoms with Crippen molar-refractivity contribution >= 4 is 29.2 Å².